The zero-order valence-electron chi connectivity index (χ0n) is 13.4. The Balaban J connectivity index is 1.73. The van der Waals surface area contributed by atoms with Crippen molar-refractivity contribution in [2.24, 2.45) is 0 Å². The number of benzene rings is 1. The second-order valence-corrected chi connectivity index (χ2v) is 6.68. The molecule has 0 unspecified atom stereocenters. The molecule has 0 saturated heterocycles. The van der Waals surface area contributed by atoms with Crippen molar-refractivity contribution in [3.8, 4) is 5.13 Å². The van der Waals surface area contributed by atoms with Crippen LogP contribution < -0.4 is 10.6 Å². The van der Waals surface area contributed by atoms with E-state index in [1.807, 2.05) is 49.0 Å². The lowest BCUT2D eigenvalue weighted by atomic mass is 10.2. The van der Waals surface area contributed by atoms with Crippen molar-refractivity contribution in [1.29, 1.82) is 0 Å². The van der Waals surface area contributed by atoms with Crippen molar-refractivity contribution in [2.45, 2.75) is 19.9 Å². The van der Waals surface area contributed by atoms with Crippen LogP contribution in [-0.2, 0) is 4.79 Å². The second kappa shape index (κ2) is 6.84. The van der Waals surface area contributed by atoms with Gasteiger partial charge in [-0.15, -0.1) is 0 Å². The Morgan fingerprint density at radius 1 is 1.25 bits per heavy atom. The lowest BCUT2D eigenvalue weighted by Gasteiger charge is -2.09. The fourth-order valence-corrected chi connectivity index (χ4v) is 3.23. The Hall–Kier alpha value is -2.67. The maximum absolute atomic E-state index is 12.2. The maximum Gasteiger partial charge on any atom is 0.251 e. The van der Waals surface area contributed by atoms with E-state index in [-0.39, 0.29) is 24.4 Å². The van der Waals surface area contributed by atoms with Gasteiger partial charge >= 0.3 is 0 Å². The predicted octanol–water partition coefficient (Wildman–Crippen LogP) is 2.34. The van der Waals surface area contributed by atoms with Crippen LogP contribution in [0, 0.1) is 0 Å². The molecular weight excluding hydrogens is 324 g/mol. The number of amides is 2. The standard InChI is InChI=1S/C17H18N4O2S/c1-11(2)19-15(22)10-18-16(23)12-5-6-13-14(9-12)24-17(20-13)21-7-3-4-8-21/h3-9,11H,10H2,1-2H3,(H,18,23)(H,19,22). The lowest BCUT2D eigenvalue weighted by molar-refractivity contribution is -0.120. The van der Waals surface area contributed by atoms with Gasteiger partial charge in [0.1, 0.15) is 0 Å². The predicted molar refractivity (Wildman–Crippen MR) is 94.6 cm³/mol. The van der Waals surface area contributed by atoms with Crippen molar-refractivity contribution >= 4 is 33.4 Å². The van der Waals surface area contributed by atoms with Crippen molar-refractivity contribution in [3.63, 3.8) is 0 Å². The molecule has 0 bridgehead atoms. The molecule has 0 fully saturated rings. The molecule has 0 aliphatic heterocycles. The van der Waals surface area contributed by atoms with Crippen LogP contribution in [0.15, 0.2) is 42.7 Å². The highest BCUT2D eigenvalue weighted by Crippen LogP contribution is 2.25. The molecule has 0 aliphatic rings. The van der Waals surface area contributed by atoms with Crippen LogP contribution in [-0.4, -0.2) is 34.0 Å². The molecule has 1 aromatic carbocycles. The summed E-state index contributed by atoms with van der Waals surface area (Å²) in [5, 5.41) is 6.22. The second-order valence-electron chi connectivity index (χ2n) is 5.67. The van der Waals surface area contributed by atoms with Crippen molar-refractivity contribution in [2.75, 3.05) is 6.54 Å². The largest absolute Gasteiger partial charge is 0.352 e. The number of aromatic nitrogens is 2. The van der Waals surface area contributed by atoms with Gasteiger partial charge < -0.3 is 15.2 Å². The Morgan fingerprint density at radius 3 is 2.71 bits per heavy atom. The summed E-state index contributed by atoms with van der Waals surface area (Å²) in [5.41, 5.74) is 1.36. The average Bonchev–Trinajstić information content (AvgIpc) is 3.19. The highest BCUT2D eigenvalue weighted by atomic mass is 32.1. The van der Waals surface area contributed by atoms with Gasteiger partial charge in [0.05, 0.1) is 16.8 Å². The summed E-state index contributed by atoms with van der Waals surface area (Å²) in [5.74, 6) is -0.473. The van der Waals surface area contributed by atoms with Gasteiger partial charge in [0.25, 0.3) is 5.91 Å². The molecule has 7 heteroatoms. The van der Waals surface area contributed by atoms with Gasteiger partial charge in [-0.1, -0.05) is 11.3 Å². The van der Waals surface area contributed by atoms with E-state index >= 15 is 0 Å². The highest BCUT2D eigenvalue weighted by Gasteiger charge is 2.11. The van der Waals surface area contributed by atoms with Crippen LogP contribution in [0.2, 0.25) is 0 Å². The number of rotatable bonds is 5. The van der Waals surface area contributed by atoms with Crippen molar-refractivity contribution in [1.82, 2.24) is 20.2 Å². The van der Waals surface area contributed by atoms with Gasteiger partial charge in [0, 0.05) is 24.0 Å². The third-order valence-electron chi connectivity index (χ3n) is 3.32. The van der Waals surface area contributed by atoms with Gasteiger partial charge in [0.2, 0.25) is 5.91 Å². The van der Waals surface area contributed by atoms with Gasteiger partial charge in [0.15, 0.2) is 5.13 Å². The fourth-order valence-electron chi connectivity index (χ4n) is 2.26. The fraction of sp³-hybridized carbons (Fsp3) is 0.235. The van der Waals surface area contributed by atoms with E-state index < -0.39 is 0 Å². The number of nitrogens with zero attached hydrogens (tertiary/aromatic N) is 2. The Kier molecular flexibility index (Phi) is 4.61. The summed E-state index contributed by atoms with van der Waals surface area (Å²) in [4.78, 5) is 28.3. The van der Waals surface area contributed by atoms with E-state index in [0.717, 1.165) is 15.3 Å². The third-order valence-corrected chi connectivity index (χ3v) is 4.36. The lowest BCUT2D eigenvalue weighted by Crippen LogP contribution is -2.39. The maximum atomic E-state index is 12.2. The van der Waals surface area contributed by atoms with E-state index in [1.54, 1.807) is 12.1 Å². The number of hydrogen-bond acceptors (Lipinski definition) is 4. The summed E-state index contributed by atoms with van der Waals surface area (Å²) in [6.07, 6.45) is 3.86. The van der Waals surface area contributed by atoms with Crippen molar-refractivity contribution < 1.29 is 9.59 Å². The molecular formula is C17H18N4O2S. The molecule has 0 radical (unpaired) electrons. The van der Waals surface area contributed by atoms with Crippen LogP contribution in [0.4, 0.5) is 0 Å². The number of carbonyl (C=O) groups excluding carboxylic acids is 2. The minimum absolute atomic E-state index is 0.0354. The number of nitrogens with one attached hydrogen (secondary N) is 2. The Bertz CT molecular complexity index is 868. The summed E-state index contributed by atoms with van der Waals surface area (Å²) in [7, 11) is 0. The van der Waals surface area contributed by atoms with E-state index in [9.17, 15) is 9.59 Å². The van der Waals surface area contributed by atoms with Crippen LogP contribution >= 0.6 is 11.3 Å². The van der Waals surface area contributed by atoms with E-state index in [0.29, 0.717) is 5.56 Å². The molecule has 3 aromatic rings. The molecule has 2 N–H and O–H groups in total. The number of fused-ring (bicyclic) bond motifs is 1. The van der Waals surface area contributed by atoms with Gasteiger partial charge in [-0.05, 0) is 44.2 Å². The highest BCUT2D eigenvalue weighted by molar-refractivity contribution is 7.20. The van der Waals surface area contributed by atoms with Crippen molar-refractivity contribution in [3.05, 3.63) is 48.3 Å². The average molecular weight is 342 g/mol. The topological polar surface area (TPSA) is 76.0 Å². The first-order valence-electron chi connectivity index (χ1n) is 7.64. The quantitative estimate of drug-likeness (QED) is 0.747. The summed E-state index contributed by atoms with van der Waals surface area (Å²) in [6.45, 7) is 3.71. The summed E-state index contributed by atoms with van der Waals surface area (Å²) < 4.78 is 2.86. The van der Waals surface area contributed by atoms with E-state index in [2.05, 4.69) is 15.6 Å². The first-order valence-corrected chi connectivity index (χ1v) is 8.46. The Labute approximate surface area is 143 Å². The van der Waals surface area contributed by atoms with Gasteiger partial charge in [-0.2, -0.15) is 0 Å². The molecule has 2 aromatic heterocycles. The molecule has 0 saturated carbocycles. The first-order chi connectivity index (χ1) is 11.5. The molecule has 3 rings (SSSR count). The van der Waals surface area contributed by atoms with Crippen LogP contribution in [0.1, 0.15) is 24.2 Å². The first kappa shape index (κ1) is 16.2. The smallest absolute Gasteiger partial charge is 0.251 e. The SMILES string of the molecule is CC(C)NC(=O)CNC(=O)c1ccc2nc(-n3cccc3)sc2c1. The zero-order valence-corrected chi connectivity index (χ0v) is 14.3. The summed E-state index contributed by atoms with van der Waals surface area (Å²) >= 11 is 1.51. The van der Waals surface area contributed by atoms with Gasteiger partial charge in [-0.3, -0.25) is 9.59 Å². The minimum Gasteiger partial charge on any atom is -0.352 e. The minimum atomic E-state index is -0.272. The molecule has 0 aliphatic carbocycles. The molecule has 0 spiro atoms. The van der Waals surface area contributed by atoms with Crippen LogP contribution in [0.25, 0.3) is 15.3 Å². The molecule has 2 heterocycles. The van der Waals surface area contributed by atoms with Crippen LogP contribution in [0.5, 0.6) is 0 Å². The van der Waals surface area contributed by atoms with Crippen LogP contribution in [0.3, 0.4) is 0 Å². The molecule has 0 atom stereocenters. The molecule has 6 nitrogen and oxygen atoms in total. The molecule has 24 heavy (non-hydrogen) atoms. The third kappa shape index (κ3) is 3.62. The van der Waals surface area contributed by atoms with Gasteiger partial charge in [-0.25, -0.2) is 4.98 Å². The summed E-state index contributed by atoms with van der Waals surface area (Å²) in [6, 6.07) is 9.27. The Morgan fingerprint density at radius 2 is 2.00 bits per heavy atom. The number of carbonyl (C=O) groups is 2. The molecule has 2 amide bonds. The monoisotopic (exact) mass is 342 g/mol. The van der Waals surface area contributed by atoms with E-state index in [4.69, 9.17) is 0 Å². The zero-order chi connectivity index (χ0) is 17.1. The molecule has 124 valence electrons. The van der Waals surface area contributed by atoms with E-state index in [1.165, 1.54) is 11.3 Å². The normalized spacial score (nSPS) is 11.0. The number of hydrogen-bond donors (Lipinski definition) is 2. The number of thiazole rings is 1.